The molecule has 4 nitrogen and oxygen atoms in total. The van der Waals surface area contributed by atoms with Gasteiger partial charge < -0.3 is 14.8 Å². The van der Waals surface area contributed by atoms with Crippen LogP contribution in [0.2, 0.25) is 0 Å². The number of carbonyl (C=O) groups is 1. The van der Waals surface area contributed by atoms with E-state index in [2.05, 4.69) is 26.0 Å². The highest BCUT2D eigenvalue weighted by atomic mass is 79.9. The van der Waals surface area contributed by atoms with E-state index >= 15 is 0 Å². The number of rotatable bonds is 5. The number of ether oxygens (including phenoxy) is 2. The summed E-state index contributed by atoms with van der Waals surface area (Å²) in [6, 6.07) is 5.68. The number of carbonyl (C=O) groups excluding carboxylic acids is 1. The summed E-state index contributed by atoms with van der Waals surface area (Å²) < 4.78 is 10.6. The fraction of sp³-hybridized carbons (Fsp3) is 0.417. The lowest BCUT2D eigenvalue weighted by Gasteiger charge is -2.15. The molecule has 1 rings (SSSR count). The summed E-state index contributed by atoms with van der Waals surface area (Å²) in [6.07, 6.45) is 0.333. The van der Waals surface area contributed by atoms with E-state index in [9.17, 15) is 4.79 Å². The van der Waals surface area contributed by atoms with E-state index in [1.807, 2.05) is 25.1 Å². The van der Waals surface area contributed by atoms with Crippen LogP contribution < -0.4 is 10.1 Å². The van der Waals surface area contributed by atoms with E-state index in [4.69, 9.17) is 4.74 Å². The first-order chi connectivity index (χ1) is 8.06. The van der Waals surface area contributed by atoms with Crippen LogP contribution in [0, 0.1) is 0 Å². The van der Waals surface area contributed by atoms with Crippen molar-refractivity contribution in [2.24, 2.45) is 0 Å². The molecule has 0 spiro atoms. The molecule has 1 unspecified atom stereocenters. The summed E-state index contributed by atoms with van der Waals surface area (Å²) in [6.45, 7) is 1.93. The van der Waals surface area contributed by atoms with Crippen LogP contribution in [0.15, 0.2) is 22.7 Å². The molecule has 17 heavy (non-hydrogen) atoms. The zero-order valence-corrected chi connectivity index (χ0v) is 11.7. The molecule has 1 aromatic rings. The molecule has 5 heteroatoms. The second-order valence-corrected chi connectivity index (χ2v) is 4.53. The summed E-state index contributed by atoms with van der Waals surface area (Å²) in [4.78, 5) is 11.1. The second-order valence-electron chi connectivity index (χ2n) is 3.67. The van der Waals surface area contributed by atoms with Gasteiger partial charge in [0.2, 0.25) is 0 Å². The fourth-order valence-corrected chi connectivity index (χ4v) is 1.97. The average molecular weight is 302 g/mol. The van der Waals surface area contributed by atoms with Gasteiger partial charge in [-0.25, -0.2) is 0 Å². The van der Waals surface area contributed by atoms with Gasteiger partial charge in [0.15, 0.2) is 0 Å². The molecular weight excluding hydrogens is 286 g/mol. The Labute approximate surface area is 109 Å². The van der Waals surface area contributed by atoms with Crippen molar-refractivity contribution in [2.75, 3.05) is 19.5 Å². The Hall–Kier alpha value is -1.23. The summed E-state index contributed by atoms with van der Waals surface area (Å²) in [5.74, 6) is 0.550. The lowest BCUT2D eigenvalue weighted by atomic mass is 10.2. The van der Waals surface area contributed by atoms with E-state index in [1.165, 1.54) is 7.11 Å². The number of benzene rings is 1. The van der Waals surface area contributed by atoms with Crippen molar-refractivity contribution in [1.29, 1.82) is 0 Å². The Morgan fingerprint density at radius 3 is 2.71 bits per heavy atom. The van der Waals surface area contributed by atoms with Crippen molar-refractivity contribution in [1.82, 2.24) is 0 Å². The van der Waals surface area contributed by atoms with Crippen LogP contribution in [0.4, 0.5) is 5.69 Å². The Bertz CT molecular complexity index is 395. The van der Waals surface area contributed by atoms with Crippen LogP contribution in [-0.2, 0) is 9.53 Å². The van der Waals surface area contributed by atoms with Gasteiger partial charge in [-0.3, -0.25) is 4.79 Å². The number of esters is 1. The first kappa shape index (κ1) is 13.8. The van der Waals surface area contributed by atoms with E-state index < -0.39 is 0 Å². The number of methoxy groups -OCH3 is 2. The van der Waals surface area contributed by atoms with Gasteiger partial charge in [-0.15, -0.1) is 0 Å². The van der Waals surface area contributed by atoms with Gasteiger partial charge in [-0.05, 0) is 41.1 Å². The molecule has 0 aromatic heterocycles. The second kappa shape index (κ2) is 6.49. The highest BCUT2D eigenvalue weighted by Gasteiger charge is 2.09. The van der Waals surface area contributed by atoms with Crippen molar-refractivity contribution in [3.63, 3.8) is 0 Å². The van der Waals surface area contributed by atoms with Crippen molar-refractivity contribution >= 4 is 27.6 Å². The summed E-state index contributed by atoms with van der Waals surface area (Å²) in [5.41, 5.74) is 0.925. The molecule has 0 fully saturated rings. The van der Waals surface area contributed by atoms with Gasteiger partial charge in [0, 0.05) is 11.7 Å². The average Bonchev–Trinajstić information content (AvgIpc) is 2.29. The minimum absolute atomic E-state index is 0.0164. The normalized spacial score (nSPS) is 11.8. The van der Waals surface area contributed by atoms with Crippen molar-refractivity contribution in [3.8, 4) is 5.75 Å². The molecule has 0 amide bonds. The Morgan fingerprint density at radius 1 is 1.47 bits per heavy atom. The third kappa shape index (κ3) is 4.26. The van der Waals surface area contributed by atoms with E-state index in [-0.39, 0.29) is 12.0 Å². The van der Waals surface area contributed by atoms with E-state index in [1.54, 1.807) is 7.11 Å². The van der Waals surface area contributed by atoms with Gasteiger partial charge in [0.05, 0.1) is 25.1 Å². The van der Waals surface area contributed by atoms with Gasteiger partial charge in [0.1, 0.15) is 5.75 Å². The number of nitrogens with one attached hydrogen (secondary N) is 1. The fourth-order valence-electron chi connectivity index (χ4n) is 1.43. The van der Waals surface area contributed by atoms with Gasteiger partial charge in [-0.1, -0.05) is 0 Å². The van der Waals surface area contributed by atoms with E-state index in [0.717, 1.165) is 15.9 Å². The largest absolute Gasteiger partial charge is 0.496 e. The molecule has 0 saturated heterocycles. The molecule has 0 radical (unpaired) electrons. The number of hydrogen-bond donors (Lipinski definition) is 1. The molecule has 94 valence electrons. The maximum absolute atomic E-state index is 11.1. The van der Waals surface area contributed by atoms with Gasteiger partial charge in [0.25, 0.3) is 0 Å². The number of hydrogen-bond acceptors (Lipinski definition) is 4. The quantitative estimate of drug-likeness (QED) is 0.850. The summed E-state index contributed by atoms with van der Waals surface area (Å²) in [5, 5.41) is 3.21. The van der Waals surface area contributed by atoms with Crippen LogP contribution in [0.3, 0.4) is 0 Å². The molecule has 0 aliphatic carbocycles. The van der Waals surface area contributed by atoms with Crippen molar-refractivity contribution in [2.45, 2.75) is 19.4 Å². The minimum atomic E-state index is -0.224. The lowest BCUT2D eigenvalue weighted by molar-refractivity contribution is -0.140. The van der Waals surface area contributed by atoms with Gasteiger partial charge in [-0.2, -0.15) is 0 Å². The maximum Gasteiger partial charge on any atom is 0.307 e. The first-order valence-electron chi connectivity index (χ1n) is 5.23. The molecule has 0 aliphatic heterocycles. The standard InChI is InChI=1S/C12H16BrNO3/c1-8(6-12(15)17-3)14-9-4-5-11(16-2)10(13)7-9/h4-5,7-8,14H,6H2,1-3H3. The molecule has 0 bridgehead atoms. The zero-order valence-electron chi connectivity index (χ0n) is 10.1. The monoisotopic (exact) mass is 301 g/mol. The van der Waals surface area contributed by atoms with Crippen LogP contribution in [0.1, 0.15) is 13.3 Å². The van der Waals surface area contributed by atoms with Gasteiger partial charge >= 0.3 is 5.97 Å². The molecule has 1 N–H and O–H groups in total. The molecule has 0 saturated carbocycles. The third-order valence-electron chi connectivity index (χ3n) is 2.27. The maximum atomic E-state index is 11.1. The van der Waals surface area contributed by atoms with Crippen molar-refractivity contribution in [3.05, 3.63) is 22.7 Å². The molecular formula is C12H16BrNO3. The first-order valence-corrected chi connectivity index (χ1v) is 6.03. The SMILES string of the molecule is COC(=O)CC(C)Nc1ccc(OC)c(Br)c1. The molecule has 1 atom stereocenters. The highest BCUT2D eigenvalue weighted by molar-refractivity contribution is 9.10. The predicted molar refractivity (Wildman–Crippen MR) is 70.4 cm³/mol. The zero-order chi connectivity index (χ0) is 12.8. The molecule has 0 aliphatic rings. The van der Waals surface area contributed by atoms with Crippen LogP contribution in [0.5, 0.6) is 5.75 Å². The van der Waals surface area contributed by atoms with Crippen LogP contribution in [-0.4, -0.2) is 26.2 Å². The topological polar surface area (TPSA) is 47.6 Å². The molecule has 0 heterocycles. The smallest absolute Gasteiger partial charge is 0.307 e. The predicted octanol–water partition coefficient (Wildman–Crippen LogP) is 2.82. The number of halogens is 1. The van der Waals surface area contributed by atoms with Crippen LogP contribution >= 0.6 is 15.9 Å². The van der Waals surface area contributed by atoms with Crippen molar-refractivity contribution < 1.29 is 14.3 Å². The molecule has 1 aromatic carbocycles. The highest BCUT2D eigenvalue weighted by Crippen LogP contribution is 2.28. The van der Waals surface area contributed by atoms with E-state index in [0.29, 0.717) is 6.42 Å². The minimum Gasteiger partial charge on any atom is -0.496 e. The summed E-state index contributed by atoms with van der Waals surface area (Å²) >= 11 is 3.41. The Morgan fingerprint density at radius 2 is 2.18 bits per heavy atom. The summed E-state index contributed by atoms with van der Waals surface area (Å²) in [7, 11) is 3.01. The third-order valence-corrected chi connectivity index (χ3v) is 2.89. The Balaban J connectivity index is 2.62. The van der Waals surface area contributed by atoms with Crippen LogP contribution in [0.25, 0.3) is 0 Å². The number of anilines is 1. The Kier molecular flexibility index (Phi) is 5.28. The lowest BCUT2D eigenvalue weighted by Crippen LogP contribution is -2.20.